The van der Waals surface area contributed by atoms with Gasteiger partial charge in [0.05, 0.1) is 0 Å². The Labute approximate surface area is 114 Å². The van der Waals surface area contributed by atoms with Crippen LogP contribution in [0.5, 0.6) is 0 Å². The Balaban J connectivity index is 2.44. The Kier molecular flexibility index (Phi) is 4.14. The van der Waals surface area contributed by atoms with Crippen LogP contribution >= 0.6 is 0 Å². The van der Waals surface area contributed by atoms with Gasteiger partial charge in [0.2, 0.25) is 0 Å². The van der Waals surface area contributed by atoms with Crippen molar-refractivity contribution in [1.29, 1.82) is 0 Å². The quantitative estimate of drug-likeness (QED) is 0.896. The summed E-state index contributed by atoms with van der Waals surface area (Å²) in [5.74, 6) is 2.16. The highest BCUT2D eigenvalue weighted by Crippen LogP contribution is 2.19. The Morgan fingerprint density at radius 2 is 2.11 bits per heavy atom. The fourth-order valence-electron chi connectivity index (χ4n) is 2.04. The van der Waals surface area contributed by atoms with Gasteiger partial charge in [-0.05, 0) is 25.3 Å². The SMILES string of the molecule is CCn1nccc1-c1nc(CC(C)C)cc(NC)n1. The second-order valence-corrected chi connectivity index (χ2v) is 4.95. The molecule has 2 rings (SSSR count). The van der Waals surface area contributed by atoms with Crippen molar-refractivity contribution in [1.82, 2.24) is 19.7 Å². The van der Waals surface area contributed by atoms with Gasteiger partial charge in [0.15, 0.2) is 5.82 Å². The van der Waals surface area contributed by atoms with E-state index in [4.69, 9.17) is 0 Å². The first-order valence-electron chi connectivity index (χ1n) is 6.72. The standard InChI is InChI=1S/C14H21N5/c1-5-19-12(6-7-16-19)14-17-11(8-10(2)3)9-13(15-4)18-14/h6-7,9-10H,5,8H2,1-4H3,(H,15,17,18). The molecule has 2 heterocycles. The molecule has 0 bridgehead atoms. The van der Waals surface area contributed by atoms with Crippen LogP contribution in [0.3, 0.4) is 0 Å². The topological polar surface area (TPSA) is 55.6 Å². The third-order valence-corrected chi connectivity index (χ3v) is 2.90. The predicted octanol–water partition coefficient (Wildman–Crippen LogP) is 2.60. The maximum absolute atomic E-state index is 4.66. The van der Waals surface area contributed by atoms with E-state index in [1.165, 1.54) is 0 Å². The van der Waals surface area contributed by atoms with Crippen LogP contribution < -0.4 is 5.32 Å². The number of nitrogens with one attached hydrogen (secondary N) is 1. The molecule has 5 heteroatoms. The number of rotatable bonds is 5. The first-order chi connectivity index (χ1) is 9.13. The molecule has 0 aromatic carbocycles. The summed E-state index contributed by atoms with van der Waals surface area (Å²) >= 11 is 0. The highest BCUT2D eigenvalue weighted by atomic mass is 15.3. The number of aromatic nitrogens is 4. The average Bonchev–Trinajstić information content (AvgIpc) is 2.85. The third kappa shape index (κ3) is 3.10. The molecule has 102 valence electrons. The lowest BCUT2D eigenvalue weighted by Crippen LogP contribution is -2.06. The van der Waals surface area contributed by atoms with Gasteiger partial charge in [-0.1, -0.05) is 13.8 Å². The van der Waals surface area contributed by atoms with E-state index in [9.17, 15) is 0 Å². The maximum atomic E-state index is 4.66. The van der Waals surface area contributed by atoms with Gasteiger partial charge in [-0.2, -0.15) is 5.10 Å². The van der Waals surface area contributed by atoms with Gasteiger partial charge >= 0.3 is 0 Å². The fourth-order valence-corrected chi connectivity index (χ4v) is 2.04. The summed E-state index contributed by atoms with van der Waals surface area (Å²) < 4.78 is 1.91. The van der Waals surface area contributed by atoms with Crippen LogP contribution in [0.25, 0.3) is 11.5 Å². The van der Waals surface area contributed by atoms with Crippen molar-refractivity contribution in [3.63, 3.8) is 0 Å². The molecule has 0 aliphatic heterocycles. The summed E-state index contributed by atoms with van der Waals surface area (Å²) in [7, 11) is 1.88. The van der Waals surface area contributed by atoms with Gasteiger partial charge in [0.1, 0.15) is 11.5 Å². The number of anilines is 1. The highest BCUT2D eigenvalue weighted by Gasteiger charge is 2.11. The molecule has 0 atom stereocenters. The van der Waals surface area contributed by atoms with Crippen LogP contribution in [0.4, 0.5) is 5.82 Å². The fraction of sp³-hybridized carbons (Fsp3) is 0.500. The van der Waals surface area contributed by atoms with E-state index in [1.807, 2.05) is 23.9 Å². The second kappa shape index (κ2) is 5.82. The lowest BCUT2D eigenvalue weighted by atomic mass is 10.1. The molecular weight excluding hydrogens is 238 g/mol. The smallest absolute Gasteiger partial charge is 0.180 e. The van der Waals surface area contributed by atoms with E-state index >= 15 is 0 Å². The van der Waals surface area contributed by atoms with E-state index in [-0.39, 0.29) is 0 Å². The summed E-state index contributed by atoms with van der Waals surface area (Å²) in [6, 6.07) is 3.97. The maximum Gasteiger partial charge on any atom is 0.180 e. The molecule has 2 aromatic rings. The van der Waals surface area contributed by atoms with Crippen LogP contribution in [0.1, 0.15) is 26.5 Å². The Morgan fingerprint density at radius 3 is 2.74 bits per heavy atom. The van der Waals surface area contributed by atoms with Crippen molar-refractivity contribution < 1.29 is 0 Å². The van der Waals surface area contributed by atoms with E-state index in [0.29, 0.717) is 5.92 Å². The van der Waals surface area contributed by atoms with Crippen molar-refractivity contribution in [2.24, 2.45) is 5.92 Å². The zero-order valence-corrected chi connectivity index (χ0v) is 12.0. The number of hydrogen-bond acceptors (Lipinski definition) is 4. The summed E-state index contributed by atoms with van der Waals surface area (Å²) in [6.07, 6.45) is 2.74. The van der Waals surface area contributed by atoms with Gasteiger partial charge in [-0.25, -0.2) is 9.97 Å². The zero-order valence-electron chi connectivity index (χ0n) is 12.0. The van der Waals surface area contributed by atoms with Crippen LogP contribution in [-0.4, -0.2) is 26.8 Å². The summed E-state index contributed by atoms with van der Waals surface area (Å²) in [5.41, 5.74) is 2.03. The minimum absolute atomic E-state index is 0.573. The third-order valence-electron chi connectivity index (χ3n) is 2.90. The largest absolute Gasteiger partial charge is 0.373 e. The molecule has 0 aliphatic rings. The molecule has 0 unspecified atom stereocenters. The van der Waals surface area contributed by atoms with E-state index in [1.54, 1.807) is 6.20 Å². The first-order valence-corrected chi connectivity index (χ1v) is 6.72. The van der Waals surface area contributed by atoms with Gasteiger partial charge in [0.25, 0.3) is 0 Å². The minimum atomic E-state index is 0.573. The van der Waals surface area contributed by atoms with Gasteiger partial charge in [0, 0.05) is 31.5 Å². The molecule has 0 spiro atoms. The van der Waals surface area contributed by atoms with Gasteiger partial charge in [-0.3, -0.25) is 4.68 Å². The van der Waals surface area contributed by atoms with Crippen molar-refractivity contribution in [3.8, 4) is 11.5 Å². The molecule has 0 radical (unpaired) electrons. The van der Waals surface area contributed by atoms with E-state index in [2.05, 4.69) is 41.2 Å². The molecule has 0 fully saturated rings. The summed E-state index contributed by atoms with van der Waals surface area (Å²) in [6.45, 7) is 7.26. The van der Waals surface area contributed by atoms with Crippen LogP contribution in [0.15, 0.2) is 18.3 Å². The molecule has 1 N–H and O–H groups in total. The van der Waals surface area contributed by atoms with E-state index < -0.39 is 0 Å². The minimum Gasteiger partial charge on any atom is -0.373 e. The van der Waals surface area contributed by atoms with Crippen LogP contribution in [-0.2, 0) is 13.0 Å². The predicted molar refractivity (Wildman–Crippen MR) is 77.0 cm³/mol. The van der Waals surface area contributed by atoms with E-state index in [0.717, 1.165) is 36.0 Å². The Bertz CT molecular complexity index is 545. The molecule has 0 saturated heterocycles. The lowest BCUT2D eigenvalue weighted by molar-refractivity contribution is 0.632. The molecule has 19 heavy (non-hydrogen) atoms. The van der Waals surface area contributed by atoms with Gasteiger partial charge in [-0.15, -0.1) is 0 Å². The summed E-state index contributed by atoms with van der Waals surface area (Å²) in [4.78, 5) is 9.19. The normalized spacial score (nSPS) is 11.0. The van der Waals surface area contributed by atoms with Crippen LogP contribution in [0, 0.1) is 5.92 Å². The monoisotopic (exact) mass is 259 g/mol. The Morgan fingerprint density at radius 1 is 1.32 bits per heavy atom. The molecular formula is C14H21N5. The highest BCUT2D eigenvalue weighted by molar-refractivity contribution is 5.53. The molecule has 2 aromatic heterocycles. The Hall–Kier alpha value is -1.91. The van der Waals surface area contributed by atoms with Crippen molar-refractivity contribution in [3.05, 3.63) is 24.0 Å². The van der Waals surface area contributed by atoms with Crippen molar-refractivity contribution in [2.45, 2.75) is 33.7 Å². The zero-order chi connectivity index (χ0) is 13.8. The molecule has 0 aliphatic carbocycles. The van der Waals surface area contributed by atoms with Crippen LogP contribution in [0.2, 0.25) is 0 Å². The molecule has 0 saturated carbocycles. The number of aryl methyl sites for hydroxylation is 1. The van der Waals surface area contributed by atoms with Gasteiger partial charge < -0.3 is 5.32 Å². The van der Waals surface area contributed by atoms with Crippen molar-refractivity contribution >= 4 is 5.82 Å². The average molecular weight is 259 g/mol. The summed E-state index contributed by atoms with van der Waals surface area (Å²) in [5, 5.41) is 7.37. The number of hydrogen-bond donors (Lipinski definition) is 1. The molecule has 0 amide bonds. The second-order valence-electron chi connectivity index (χ2n) is 4.95. The molecule has 5 nitrogen and oxygen atoms in total. The first kappa shape index (κ1) is 13.5. The number of nitrogens with zero attached hydrogens (tertiary/aromatic N) is 4. The lowest BCUT2D eigenvalue weighted by Gasteiger charge is -2.10. The van der Waals surface area contributed by atoms with Crippen molar-refractivity contribution in [2.75, 3.05) is 12.4 Å².